The number of amides is 1. The number of morpholine rings is 1. The topological polar surface area (TPSA) is 59.4 Å². The molecule has 2 aromatic carbocycles. The highest BCUT2D eigenvalue weighted by Gasteiger charge is 2.21. The molecule has 1 saturated heterocycles. The summed E-state index contributed by atoms with van der Waals surface area (Å²) < 4.78 is 7.63. The molecule has 0 spiro atoms. The molecule has 1 aliphatic heterocycles. The molecule has 2 atom stereocenters. The highest BCUT2D eigenvalue weighted by atomic mass is 16.5. The van der Waals surface area contributed by atoms with Crippen LogP contribution >= 0.6 is 0 Å². The minimum Gasteiger partial charge on any atom is -0.373 e. The van der Waals surface area contributed by atoms with Gasteiger partial charge in [-0.2, -0.15) is 5.10 Å². The summed E-state index contributed by atoms with van der Waals surface area (Å²) in [5, 5.41) is 7.51. The van der Waals surface area contributed by atoms with Crippen molar-refractivity contribution in [3.63, 3.8) is 0 Å². The molecule has 1 N–H and O–H groups in total. The van der Waals surface area contributed by atoms with E-state index in [0.29, 0.717) is 12.1 Å². The second-order valence-corrected chi connectivity index (χ2v) is 7.82. The fraction of sp³-hybridized carbons (Fsp3) is 0.333. The van der Waals surface area contributed by atoms with Gasteiger partial charge in [0.25, 0.3) is 5.91 Å². The Morgan fingerprint density at radius 3 is 2.60 bits per heavy atom. The summed E-state index contributed by atoms with van der Waals surface area (Å²) >= 11 is 0. The van der Waals surface area contributed by atoms with Crippen molar-refractivity contribution in [2.75, 3.05) is 26.2 Å². The number of nitrogens with one attached hydrogen (secondary N) is 1. The Labute approximate surface area is 177 Å². The number of rotatable bonds is 6. The largest absolute Gasteiger partial charge is 0.373 e. The van der Waals surface area contributed by atoms with Gasteiger partial charge in [0.1, 0.15) is 0 Å². The second-order valence-electron chi connectivity index (χ2n) is 7.82. The lowest BCUT2D eigenvalue weighted by atomic mass is 10.1. The normalized spacial score (nSPS) is 19.5. The van der Waals surface area contributed by atoms with Crippen molar-refractivity contribution >= 4 is 5.91 Å². The average molecular weight is 405 g/mol. The van der Waals surface area contributed by atoms with Gasteiger partial charge in [-0.15, -0.1) is 0 Å². The van der Waals surface area contributed by atoms with E-state index in [1.54, 1.807) is 6.20 Å². The summed E-state index contributed by atoms with van der Waals surface area (Å²) in [5.74, 6) is -0.0698. The first-order valence-electron chi connectivity index (χ1n) is 10.5. The zero-order chi connectivity index (χ0) is 20.9. The van der Waals surface area contributed by atoms with Gasteiger partial charge < -0.3 is 10.1 Å². The molecule has 1 aromatic heterocycles. The molecule has 4 rings (SSSR count). The lowest BCUT2D eigenvalue weighted by Crippen LogP contribution is -2.47. The zero-order valence-corrected chi connectivity index (χ0v) is 17.5. The molecule has 1 aliphatic rings. The molecule has 1 fully saturated rings. The van der Waals surface area contributed by atoms with E-state index in [-0.39, 0.29) is 18.1 Å². The van der Waals surface area contributed by atoms with E-state index >= 15 is 0 Å². The van der Waals surface area contributed by atoms with Crippen molar-refractivity contribution in [1.29, 1.82) is 0 Å². The van der Waals surface area contributed by atoms with Gasteiger partial charge >= 0.3 is 0 Å². The van der Waals surface area contributed by atoms with Crippen LogP contribution in [-0.2, 0) is 4.74 Å². The Bertz CT molecular complexity index is 976. The fourth-order valence-corrected chi connectivity index (χ4v) is 4.01. The molecule has 0 saturated carbocycles. The van der Waals surface area contributed by atoms with E-state index in [4.69, 9.17) is 4.74 Å². The Balaban J connectivity index is 1.42. The Morgan fingerprint density at radius 1 is 1.07 bits per heavy atom. The predicted molar refractivity (Wildman–Crippen MR) is 118 cm³/mol. The monoisotopic (exact) mass is 404 g/mol. The third-order valence-electron chi connectivity index (χ3n) is 5.27. The number of hydrogen-bond acceptors (Lipinski definition) is 4. The number of aromatic nitrogens is 2. The second kappa shape index (κ2) is 9.24. The Hall–Kier alpha value is -2.96. The highest BCUT2D eigenvalue weighted by molar-refractivity contribution is 5.94. The quantitative estimate of drug-likeness (QED) is 0.684. The van der Waals surface area contributed by atoms with Crippen LogP contribution in [0.3, 0.4) is 0 Å². The fourth-order valence-electron chi connectivity index (χ4n) is 4.01. The van der Waals surface area contributed by atoms with Crippen molar-refractivity contribution < 1.29 is 9.53 Å². The molecule has 6 nitrogen and oxygen atoms in total. The van der Waals surface area contributed by atoms with Crippen LogP contribution in [0.25, 0.3) is 16.9 Å². The molecule has 2 heterocycles. The lowest BCUT2D eigenvalue weighted by Gasteiger charge is -2.35. The number of hydrogen-bond donors (Lipinski definition) is 1. The molecule has 0 unspecified atom stereocenters. The van der Waals surface area contributed by atoms with Crippen LogP contribution in [0, 0.1) is 0 Å². The van der Waals surface area contributed by atoms with Crippen LogP contribution in [0.2, 0.25) is 0 Å². The van der Waals surface area contributed by atoms with Gasteiger partial charge in [-0.1, -0.05) is 36.4 Å². The van der Waals surface area contributed by atoms with Gasteiger partial charge in [0.05, 0.1) is 29.8 Å². The van der Waals surface area contributed by atoms with E-state index in [1.807, 2.05) is 53.2 Å². The minimum atomic E-state index is -0.0698. The first-order chi connectivity index (χ1) is 14.6. The van der Waals surface area contributed by atoms with Crippen molar-refractivity contribution in [2.24, 2.45) is 0 Å². The number of carbonyl (C=O) groups is 1. The Kier molecular flexibility index (Phi) is 6.26. The summed E-state index contributed by atoms with van der Waals surface area (Å²) in [4.78, 5) is 15.0. The Morgan fingerprint density at radius 2 is 1.83 bits per heavy atom. The summed E-state index contributed by atoms with van der Waals surface area (Å²) in [5.41, 5.74) is 3.57. The van der Waals surface area contributed by atoms with Crippen molar-refractivity contribution in [3.8, 4) is 16.9 Å². The number of carbonyl (C=O) groups excluding carboxylic acids is 1. The first-order valence-corrected chi connectivity index (χ1v) is 10.5. The van der Waals surface area contributed by atoms with Gasteiger partial charge in [0.15, 0.2) is 0 Å². The first kappa shape index (κ1) is 20.3. The minimum absolute atomic E-state index is 0.0698. The molecule has 3 aromatic rings. The van der Waals surface area contributed by atoms with Crippen molar-refractivity contribution in [1.82, 2.24) is 20.0 Å². The molecule has 1 amide bonds. The number of ether oxygens (including phenoxy) is 1. The third kappa shape index (κ3) is 4.78. The van der Waals surface area contributed by atoms with Crippen LogP contribution < -0.4 is 5.32 Å². The summed E-state index contributed by atoms with van der Waals surface area (Å²) in [7, 11) is 0. The van der Waals surface area contributed by atoms with Crippen LogP contribution in [0.1, 0.15) is 24.2 Å². The standard InChI is InChI=1S/C24H28N4O2/c1-18-16-27(17-19(2)30-18)14-13-25-24(29)21-9-6-10-22(15-21)28-23(11-12-26-28)20-7-4-3-5-8-20/h3-12,15,18-19H,13-14,16-17H2,1-2H3,(H,25,29)/t18-,19-/m1/s1. The van der Waals surface area contributed by atoms with Gasteiger partial charge in [0.2, 0.25) is 0 Å². The highest BCUT2D eigenvalue weighted by Crippen LogP contribution is 2.22. The van der Waals surface area contributed by atoms with Gasteiger partial charge in [-0.25, -0.2) is 4.68 Å². The van der Waals surface area contributed by atoms with E-state index < -0.39 is 0 Å². The van der Waals surface area contributed by atoms with E-state index in [9.17, 15) is 4.79 Å². The average Bonchev–Trinajstić information content (AvgIpc) is 3.24. The molecule has 0 bridgehead atoms. The van der Waals surface area contributed by atoms with E-state index in [1.165, 1.54) is 0 Å². The number of benzene rings is 2. The summed E-state index contributed by atoms with van der Waals surface area (Å²) in [6, 6.07) is 19.7. The molecule has 0 aliphatic carbocycles. The number of nitrogens with zero attached hydrogens (tertiary/aromatic N) is 3. The maximum atomic E-state index is 12.7. The van der Waals surface area contributed by atoms with Gasteiger partial charge in [-0.05, 0) is 38.1 Å². The van der Waals surface area contributed by atoms with Crippen molar-refractivity contribution in [3.05, 3.63) is 72.4 Å². The van der Waals surface area contributed by atoms with Crippen LogP contribution in [-0.4, -0.2) is 59.0 Å². The molecular weight excluding hydrogens is 376 g/mol. The molecule has 0 radical (unpaired) electrons. The summed E-state index contributed by atoms with van der Waals surface area (Å²) in [6.45, 7) is 7.41. The van der Waals surface area contributed by atoms with E-state index in [0.717, 1.165) is 36.6 Å². The van der Waals surface area contributed by atoms with Crippen LogP contribution in [0.15, 0.2) is 66.9 Å². The summed E-state index contributed by atoms with van der Waals surface area (Å²) in [6.07, 6.45) is 2.24. The molecule has 156 valence electrons. The van der Waals surface area contributed by atoms with Gasteiger partial charge in [0, 0.05) is 37.3 Å². The predicted octanol–water partition coefficient (Wildman–Crippen LogP) is 3.38. The third-order valence-corrected chi connectivity index (χ3v) is 5.27. The smallest absolute Gasteiger partial charge is 0.251 e. The molecular formula is C24H28N4O2. The lowest BCUT2D eigenvalue weighted by molar-refractivity contribution is -0.0672. The maximum Gasteiger partial charge on any atom is 0.251 e. The van der Waals surface area contributed by atoms with Gasteiger partial charge in [-0.3, -0.25) is 9.69 Å². The van der Waals surface area contributed by atoms with Crippen LogP contribution in [0.4, 0.5) is 0 Å². The van der Waals surface area contributed by atoms with E-state index in [2.05, 4.69) is 41.3 Å². The SMILES string of the molecule is C[C@@H]1CN(CCNC(=O)c2cccc(-n3nccc3-c3ccccc3)c2)C[C@@H](C)O1. The molecule has 6 heteroatoms. The van der Waals surface area contributed by atoms with Crippen molar-refractivity contribution in [2.45, 2.75) is 26.1 Å². The molecule has 30 heavy (non-hydrogen) atoms. The zero-order valence-electron chi connectivity index (χ0n) is 17.5. The van der Waals surface area contributed by atoms with Crippen LogP contribution in [0.5, 0.6) is 0 Å². The maximum absolute atomic E-state index is 12.7.